The van der Waals surface area contributed by atoms with E-state index in [0.717, 1.165) is 11.1 Å². The second kappa shape index (κ2) is 7.70. The Kier molecular flexibility index (Phi) is 5.17. The van der Waals surface area contributed by atoms with E-state index in [0.29, 0.717) is 22.9 Å². The maximum atomic E-state index is 12.3. The number of hydrogen-bond acceptors (Lipinski definition) is 4. The highest BCUT2D eigenvalue weighted by Crippen LogP contribution is 2.21. The van der Waals surface area contributed by atoms with Crippen LogP contribution in [0, 0.1) is 13.8 Å². The molecule has 3 rings (SSSR count). The molecule has 0 aliphatic rings. The number of amides is 1. The van der Waals surface area contributed by atoms with Crippen LogP contribution < -0.4 is 10.1 Å². The number of hydrogen-bond donors (Lipinski definition) is 2. The molecule has 136 valence electrons. The number of aromatic nitrogens is 1. The van der Waals surface area contributed by atoms with Crippen molar-refractivity contribution >= 4 is 17.6 Å². The average Bonchev–Trinajstić information content (AvgIpc) is 2.66. The fourth-order valence-electron chi connectivity index (χ4n) is 2.39. The fourth-order valence-corrected chi connectivity index (χ4v) is 2.39. The van der Waals surface area contributed by atoms with Crippen molar-refractivity contribution in [3.8, 4) is 11.6 Å². The van der Waals surface area contributed by atoms with Crippen LogP contribution in [0.1, 0.15) is 31.8 Å². The number of pyridine rings is 1. The number of rotatable bonds is 5. The summed E-state index contributed by atoms with van der Waals surface area (Å²) >= 11 is 0. The van der Waals surface area contributed by atoms with Gasteiger partial charge in [0, 0.05) is 11.6 Å². The van der Waals surface area contributed by atoms with Gasteiger partial charge in [0.2, 0.25) is 5.88 Å². The van der Waals surface area contributed by atoms with Crippen LogP contribution in [-0.4, -0.2) is 22.0 Å². The molecule has 6 nitrogen and oxygen atoms in total. The van der Waals surface area contributed by atoms with Gasteiger partial charge in [0.15, 0.2) is 0 Å². The number of nitrogens with one attached hydrogen (secondary N) is 1. The molecule has 1 amide bonds. The van der Waals surface area contributed by atoms with E-state index in [1.165, 1.54) is 18.3 Å². The molecule has 0 radical (unpaired) electrons. The monoisotopic (exact) mass is 362 g/mol. The van der Waals surface area contributed by atoms with Crippen molar-refractivity contribution in [2.24, 2.45) is 0 Å². The number of nitrogens with zero attached hydrogens (tertiary/aromatic N) is 1. The molecular weight excluding hydrogens is 344 g/mol. The molecule has 3 aromatic rings. The van der Waals surface area contributed by atoms with E-state index in [4.69, 9.17) is 9.84 Å². The lowest BCUT2D eigenvalue weighted by Crippen LogP contribution is -2.12. The summed E-state index contributed by atoms with van der Waals surface area (Å²) in [7, 11) is 0. The lowest BCUT2D eigenvalue weighted by Gasteiger charge is -2.08. The summed E-state index contributed by atoms with van der Waals surface area (Å²) in [5.74, 6) is -0.400. The van der Waals surface area contributed by atoms with E-state index >= 15 is 0 Å². The smallest absolute Gasteiger partial charge is 0.335 e. The quantitative estimate of drug-likeness (QED) is 0.700. The van der Waals surface area contributed by atoms with Crippen LogP contribution in [0.25, 0.3) is 0 Å². The van der Waals surface area contributed by atoms with E-state index < -0.39 is 5.97 Å². The number of carbonyl (C=O) groups excluding carboxylic acids is 1. The molecule has 2 aromatic carbocycles. The number of carboxylic acids is 1. The maximum Gasteiger partial charge on any atom is 0.335 e. The van der Waals surface area contributed by atoms with Crippen molar-refractivity contribution in [3.63, 3.8) is 0 Å². The van der Waals surface area contributed by atoms with Gasteiger partial charge in [-0.1, -0.05) is 6.07 Å². The SMILES string of the molecule is Cc1ccc(C(=O)Nc2ccc(Oc3ccc(C(=O)O)cc3)nc2)cc1C. The topological polar surface area (TPSA) is 88.5 Å². The summed E-state index contributed by atoms with van der Waals surface area (Å²) in [5, 5.41) is 11.7. The first-order valence-corrected chi connectivity index (χ1v) is 8.28. The van der Waals surface area contributed by atoms with Crippen LogP contribution in [0.15, 0.2) is 60.8 Å². The van der Waals surface area contributed by atoms with Crippen molar-refractivity contribution in [2.45, 2.75) is 13.8 Å². The second-order valence-electron chi connectivity index (χ2n) is 6.07. The maximum absolute atomic E-state index is 12.3. The predicted octanol–water partition coefficient (Wildman–Crippen LogP) is 4.44. The summed E-state index contributed by atoms with van der Waals surface area (Å²) in [6.07, 6.45) is 1.50. The second-order valence-corrected chi connectivity index (χ2v) is 6.07. The van der Waals surface area contributed by atoms with Gasteiger partial charge in [-0.2, -0.15) is 0 Å². The Bertz CT molecular complexity index is 980. The zero-order valence-electron chi connectivity index (χ0n) is 14.9. The van der Waals surface area contributed by atoms with Crippen LogP contribution in [-0.2, 0) is 0 Å². The van der Waals surface area contributed by atoms with E-state index in [9.17, 15) is 9.59 Å². The average molecular weight is 362 g/mol. The zero-order valence-corrected chi connectivity index (χ0v) is 14.9. The Hall–Kier alpha value is -3.67. The Morgan fingerprint density at radius 2 is 1.63 bits per heavy atom. The van der Waals surface area contributed by atoms with Gasteiger partial charge in [-0.15, -0.1) is 0 Å². The minimum atomic E-state index is -0.997. The van der Waals surface area contributed by atoms with Crippen LogP contribution in [0.2, 0.25) is 0 Å². The number of benzene rings is 2. The number of carbonyl (C=O) groups is 2. The summed E-state index contributed by atoms with van der Waals surface area (Å²) in [4.78, 5) is 27.3. The van der Waals surface area contributed by atoms with Crippen molar-refractivity contribution in [2.75, 3.05) is 5.32 Å². The van der Waals surface area contributed by atoms with Crippen LogP contribution in [0.4, 0.5) is 5.69 Å². The molecule has 0 unspecified atom stereocenters. The van der Waals surface area contributed by atoms with Gasteiger partial charge in [-0.05, 0) is 67.4 Å². The van der Waals surface area contributed by atoms with Gasteiger partial charge in [-0.3, -0.25) is 4.79 Å². The molecule has 0 aliphatic carbocycles. The highest BCUT2D eigenvalue weighted by molar-refractivity contribution is 6.04. The van der Waals surface area contributed by atoms with E-state index in [1.54, 1.807) is 30.3 Å². The van der Waals surface area contributed by atoms with Crippen molar-refractivity contribution in [3.05, 3.63) is 83.0 Å². The Labute approximate surface area is 156 Å². The first kappa shape index (κ1) is 18.1. The summed E-state index contributed by atoms with van der Waals surface area (Å²) in [5.41, 5.74) is 3.49. The molecule has 0 fully saturated rings. The molecule has 0 atom stereocenters. The Morgan fingerprint density at radius 3 is 2.22 bits per heavy atom. The molecule has 0 saturated heterocycles. The van der Waals surface area contributed by atoms with Gasteiger partial charge in [0.05, 0.1) is 17.4 Å². The third-order valence-electron chi connectivity index (χ3n) is 4.09. The number of aromatic carboxylic acids is 1. The van der Waals surface area contributed by atoms with E-state index in [-0.39, 0.29) is 11.5 Å². The van der Waals surface area contributed by atoms with Crippen molar-refractivity contribution in [1.29, 1.82) is 0 Å². The molecular formula is C21H18N2O4. The molecule has 1 heterocycles. The van der Waals surface area contributed by atoms with Gasteiger partial charge >= 0.3 is 5.97 Å². The normalized spacial score (nSPS) is 10.3. The largest absolute Gasteiger partial charge is 0.478 e. The highest BCUT2D eigenvalue weighted by Gasteiger charge is 2.08. The van der Waals surface area contributed by atoms with E-state index in [1.807, 2.05) is 26.0 Å². The van der Waals surface area contributed by atoms with Gasteiger partial charge in [-0.25, -0.2) is 9.78 Å². The fraction of sp³-hybridized carbons (Fsp3) is 0.0952. The molecule has 0 spiro atoms. The molecule has 0 saturated carbocycles. The first-order chi connectivity index (χ1) is 12.9. The minimum Gasteiger partial charge on any atom is -0.478 e. The minimum absolute atomic E-state index is 0.180. The summed E-state index contributed by atoms with van der Waals surface area (Å²) in [6, 6.07) is 14.9. The molecule has 0 bridgehead atoms. The zero-order chi connectivity index (χ0) is 19.4. The summed E-state index contributed by atoms with van der Waals surface area (Å²) < 4.78 is 5.57. The van der Waals surface area contributed by atoms with Gasteiger partial charge < -0.3 is 15.2 Å². The highest BCUT2D eigenvalue weighted by atomic mass is 16.5. The molecule has 0 aliphatic heterocycles. The molecule has 1 aromatic heterocycles. The number of carboxylic acid groups (broad SMARTS) is 1. The lowest BCUT2D eigenvalue weighted by molar-refractivity contribution is 0.0696. The van der Waals surface area contributed by atoms with Crippen LogP contribution in [0.5, 0.6) is 11.6 Å². The lowest BCUT2D eigenvalue weighted by atomic mass is 10.1. The third kappa shape index (κ3) is 4.49. The number of anilines is 1. The van der Waals surface area contributed by atoms with Crippen LogP contribution in [0.3, 0.4) is 0 Å². The Balaban J connectivity index is 1.65. The standard InChI is InChI=1S/C21H18N2O4/c1-13-3-4-16(11-14(13)2)20(24)23-17-7-10-19(22-12-17)27-18-8-5-15(6-9-18)21(25)26/h3-12H,1-2H3,(H,23,24)(H,25,26). The number of ether oxygens (including phenoxy) is 1. The predicted molar refractivity (Wildman–Crippen MR) is 102 cm³/mol. The summed E-state index contributed by atoms with van der Waals surface area (Å²) in [6.45, 7) is 3.96. The Morgan fingerprint density at radius 1 is 0.926 bits per heavy atom. The molecule has 6 heteroatoms. The first-order valence-electron chi connectivity index (χ1n) is 8.28. The number of aryl methyl sites for hydroxylation is 2. The van der Waals surface area contributed by atoms with Gasteiger partial charge in [0.25, 0.3) is 5.91 Å². The van der Waals surface area contributed by atoms with Gasteiger partial charge in [0.1, 0.15) is 5.75 Å². The van der Waals surface area contributed by atoms with Crippen LogP contribution >= 0.6 is 0 Å². The molecule has 27 heavy (non-hydrogen) atoms. The molecule has 2 N–H and O–H groups in total. The third-order valence-corrected chi connectivity index (χ3v) is 4.09. The van der Waals surface area contributed by atoms with Crippen molar-refractivity contribution < 1.29 is 19.4 Å². The van der Waals surface area contributed by atoms with Crippen molar-refractivity contribution in [1.82, 2.24) is 4.98 Å². The van der Waals surface area contributed by atoms with E-state index in [2.05, 4.69) is 10.3 Å².